The lowest BCUT2D eigenvalue weighted by Gasteiger charge is -2.44. The standard InChI is InChI=1S/C17H22N6O2/c1-4-14-19-12(7-18)6-15(20-14)22-9-13(10-22)23-8-11(5-16(23)24)17(25)21(2)3/h6,11,13H,4-5,8-10H2,1-3H3. The summed E-state index contributed by atoms with van der Waals surface area (Å²) in [4.78, 5) is 38.4. The van der Waals surface area contributed by atoms with Crippen molar-refractivity contribution in [1.82, 2.24) is 19.8 Å². The fourth-order valence-electron chi connectivity index (χ4n) is 3.32. The van der Waals surface area contributed by atoms with E-state index >= 15 is 0 Å². The molecule has 3 rings (SSSR count). The van der Waals surface area contributed by atoms with Crippen molar-refractivity contribution in [3.63, 3.8) is 0 Å². The molecule has 0 saturated carbocycles. The zero-order valence-corrected chi connectivity index (χ0v) is 14.8. The molecule has 1 unspecified atom stereocenters. The van der Waals surface area contributed by atoms with E-state index < -0.39 is 0 Å². The Labute approximate surface area is 147 Å². The summed E-state index contributed by atoms with van der Waals surface area (Å²) in [5, 5.41) is 9.09. The summed E-state index contributed by atoms with van der Waals surface area (Å²) in [5.74, 6) is 1.18. The average Bonchev–Trinajstić information content (AvgIpc) is 2.93. The van der Waals surface area contributed by atoms with E-state index in [1.807, 2.05) is 16.7 Å². The Morgan fingerprint density at radius 3 is 2.68 bits per heavy atom. The van der Waals surface area contributed by atoms with Crippen LogP contribution in [0.3, 0.4) is 0 Å². The summed E-state index contributed by atoms with van der Waals surface area (Å²) < 4.78 is 0. The molecule has 0 N–H and O–H groups in total. The van der Waals surface area contributed by atoms with Crippen LogP contribution in [-0.2, 0) is 16.0 Å². The number of hydrogen-bond donors (Lipinski definition) is 0. The highest BCUT2D eigenvalue weighted by molar-refractivity contribution is 5.89. The van der Waals surface area contributed by atoms with Crippen LogP contribution >= 0.6 is 0 Å². The van der Waals surface area contributed by atoms with E-state index in [-0.39, 0.29) is 23.8 Å². The molecule has 132 valence electrons. The number of nitriles is 1. The number of anilines is 1. The molecular formula is C17H22N6O2. The van der Waals surface area contributed by atoms with Crippen LogP contribution in [0.25, 0.3) is 0 Å². The molecule has 2 amide bonds. The minimum Gasteiger partial charge on any atom is -0.352 e. The number of amides is 2. The highest BCUT2D eigenvalue weighted by atomic mass is 16.2. The second-order valence-electron chi connectivity index (χ2n) is 6.73. The van der Waals surface area contributed by atoms with Gasteiger partial charge in [0.2, 0.25) is 11.8 Å². The first-order valence-corrected chi connectivity index (χ1v) is 8.46. The quantitative estimate of drug-likeness (QED) is 0.767. The van der Waals surface area contributed by atoms with Crippen molar-refractivity contribution >= 4 is 17.6 Å². The van der Waals surface area contributed by atoms with Crippen LogP contribution in [0.4, 0.5) is 5.82 Å². The van der Waals surface area contributed by atoms with Crippen molar-refractivity contribution in [2.45, 2.75) is 25.8 Å². The Kier molecular flexibility index (Phi) is 4.57. The number of carbonyl (C=O) groups excluding carboxylic acids is 2. The predicted octanol–water partition coefficient (Wildman–Crippen LogP) is 0.0360. The lowest BCUT2D eigenvalue weighted by atomic mass is 10.1. The van der Waals surface area contributed by atoms with E-state index in [4.69, 9.17) is 5.26 Å². The van der Waals surface area contributed by atoms with Gasteiger partial charge in [-0.3, -0.25) is 9.59 Å². The van der Waals surface area contributed by atoms with Crippen LogP contribution in [0.1, 0.15) is 24.9 Å². The molecule has 8 nitrogen and oxygen atoms in total. The zero-order chi connectivity index (χ0) is 18.1. The van der Waals surface area contributed by atoms with Gasteiger partial charge in [-0.1, -0.05) is 6.92 Å². The van der Waals surface area contributed by atoms with Crippen molar-refractivity contribution < 1.29 is 9.59 Å². The summed E-state index contributed by atoms with van der Waals surface area (Å²) >= 11 is 0. The van der Waals surface area contributed by atoms with Crippen molar-refractivity contribution in [3.8, 4) is 6.07 Å². The maximum absolute atomic E-state index is 12.3. The van der Waals surface area contributed by atoms with E-state index in [1.54, 1.807) is 25.1 Å². The number of aryl methyl sites for hydroxylation is 1. The zero-order valence-electron chi connectivity index (χ0n) is 14.8. The number of carbonyl (C=O) groups is 2. The van der Waals surface area contributed by atoms with Gasteiger partial charge in [-0.25, -0.2) is 9.97 Å². The smallest absolute Gasteiger partial charge is 0.227 e. The van der Waals surface area contributed by atoms with Crippen molar-refractivity contribution in [3.05, 3.63) is 17.6 Å². The minimum absolute atomic E-state index is 0.00841. The minimum atomic E-state index is -0.243. The Hall–Kier alpha value is -2.69. The highest BCUT2D eigenvalue weighted by Gasteiger charge is 2.43. The monoisotopic (exact) mass is 342 g/mol. The number of aromatic nitrogens is 2. The number of likely N-dealkylation sites (tertiary alicyclic amines) is 1. The van der Waals surface area contributed by atoms with E-state index in [0.717, 1.165) is 5.82 Å². The van der Waals surface area contributed by atoms with Crippen LogP contribution in [-0.4, -0.2) is 71.4 Å². The predicted molar refractivity (Wildman–Crippen MR) is 90.6 cm³/mol. The lowest BCUT2D eigenvalue weighted by molar-refractivity contribution is -0.133. The molecule has 0 bridgehead atoms. The molecule has 1 aromatic heterocycles. The molecule has 8 heteroatoms. The summed E-state index contributed by atoms with van der Waals surface area (Å²) in [6.07, 6.45) is 0.957. The van der Waals surface area contributed by atoms with Gasteiger partial charge in [-0.2, -0.15) is 5.26 Å². The molecule has 2 aliphatic rings. The second-order valence-corrected chi connectivity index (χ2v) is 6.73. The van der Waals surface area contributed by atoms with Crippen molar-refractivity contribution in [2.24, 2.45) is 5.92 Å². The Balaban J connectivity index is 1.64. The largest absolute Gasteiger partial charge is 0.352 e. The molecule has 1 atom stereocenters. The number of hydrogen-bond acceptors (Lipinski definition) is 6. The first-order valence-electron chi connectivity index (χ1n) is 8.46. The van der Waals surface area contributed by atoms with Crippen LogP contribution in [0.2, 0.25) is 0 Å². The van der Waals surface area contributed by atoms with Crippen LogP contribution in [0, 0.1) is 17.2 Å². The maximum Gasteiger partial charge on any atom is 0.227 e. The van der Waals surface area contributed by atoms with Gasteiger partial charge >= 0.3 is 0 Å². The molecular weight excluding hydrogens is 320 g/mol. The fourth-order valence-corrected chi connectivity index (χ4v) is 3.32. The summed E-state index contributed by atoms with van der Waals surface area (Å²) in [5.41, 5.74) is 0.360. The Bertz CT molecular complexity index is 735. The van der Waals surface area contributed by atoms with Gasteiger partial charge in [0.15, 0.2) is 0 Å². The first-order chi connectivity index (χ1) is 11.9. The van der Waals surface area contributed by atoms with Gasteiger partial charge in [0.25, 0.3) is 0 Å². The third-order valence-corrected chi connectivity index (χ3v) is 4.77. The van der Waals surface area contributed by atoms with Crippen molar-refractivity contribution in [2.75, 3.05) is 38.6 Å². The van der Waals surface area contributed by atoms with Gasteiger partial charge < -0.3 is 14.7 Å². The van der Waals surface area contributed by atoms with E-state index in [1.165, 1.54) is 0 Å². The Morgan fingerprint density at radius 2 is 2.08 bits per heavy atom. The van der Waals surface area contributed by atoms with E-state index in [9.17, 15) is 9.59 Å². The number of rotatable bonds is 4. The molecule has 3 heterocycles. The lowest BCUT2D eigenvalue weighted by Crippen LogP contribution is -2.60. The third kappa shape index (κ3) is 3.27. The van der Waals surface area contributed by atoms with E-state index in [0.29, 0.717) is 44.0 Å². The second kappa shape index (κ2) is 6.67. The first kappa shape index (κ1) is 17.1. The fraction of sp³-hybridized carbons (Fsp3) is 0.588. The van der Waals surface area contributed by atoms with Gasteiger partial charge in [-0.05, 0) is 0 Å². The molecule has 25 heavy (non-hydrogen) atoms. The average molecular weight is 342 g/mol. The van der Waals surface area contributed by atoms with Gasteiger partial charge in [-0.15, -0.1) is 0 Å². The molecule has 2 fully saturated rings. The van der Waals surface area contributed by atoms with Crippen molar-refractivity contribution in [1.29, 1.82) is 5.26 Å². The molecule has 2 saturated heterocycles. The van der Waals surface area contributed by atoms with Crippen LogP contribution in [0.5, 0.6) is 0 Å². The highest BCUT2D eigenvalue weighted by Crippen LogP contribution is 2.28. The third-order valence-electron chi connectivity index (χ3n) is 4.77. The number of nitrogens with zero attached hydrogens (tertiary/aromatic N) is 6. The molecule has 0 radical (unpaired) electrons. The molecule has 0 spiro atoms. The SMILES string of the molecule is CCc1nc(C#N)cc(N2CC(N3CC(C(=O)N(C)C)CC3=O)C2)n1. The molecule has 0 aromatic carbocycles. The molecule has 0 aliphatic carbocycles. The summed E-state index contributed by atoms with van der Waals surface area (Å²) in [6, 6.07) is 3.84. The topological polar surface area (TPSA) is 93.4 Å². The van der Waals surface area contributed by atoms with Gasteiger partial charge in [0.05, 0.1) is 12.0 Å². The molecule has 2 aliphatic heterocycles. The maximum atomic E-state index is 12.3. The summed E-state index contributed by atoms with van der Waals surface area (Å²) in [7, 11) is 3.43. The van der Waals surface area contributed by atoms with Gasteiger partial charge in [0.1, 0.15) is 23.4 Å². The van der Waals surface area contributed by atoms with Crippen LogP contribution in [0.15, 0.2) is 6.07 Å². The summed E-state index contributed by atoms with van der Waals surface area (Å²) in [6.45, 7) is 3.77. The normalized spacial score (nSPS) is 20.4. The Morgan fingerprint density at radius 1 is 1.36 bits per heavy atom. The van der Waals surface area contributed by atoms with Gasteiger partial charge in [0, 0.05) is 52.6 Å². The van der Waals surface area contributed by atoms with Crippen LogP contribution < -0.4 is 4.90 Å². The van der Waals surface area contributed by atoms with E-state index in [2.05, 4.69) is 16.0 Å². The molecule has 1 aromatic rings.